The number of methoxy groups -OCH3 is 2. The molecule has 0 bridgehead atoms. The van der Waals surface area contributed by atoms with Crippen LogP contribution < -0.4 is 15.2 Å². The number of hydrogen-bond donors (Lipinski definition) is 1. The van der Waals surface area contributed by atoms with Crippen LogP contribution in [0.1, 0.15) is 29.2 Å². The predicted molar refractivity (Wildman–Crippen MR) is 127 cm³/mol. The molecule has 8 nitrogen and oxygen atoms in total. The first kappa shape index (κ1) is 22.8. The monoisotopic (exact) mass is 485 g/mol. The summed E-state index contributed by atoms with van der Waals surface area (Å²) < 4.78 is 12.4. The number of likely N-dealkylation sites (tertiary alicyclic amines) is 1. The van der Waals surface area contributed by atoms with E-state index in [0.717, 1.165) is 12.1 Å². The molecule has 1 atom stereocenters. The largest absolute Gasteiger partial charge is 0.495 e. The molecular weight excluding hydrogens is 465 g/mol. The molecule has 1 aromatic carbocycles. The molecule has 10 heteroatoms. The molecular formula is C23H21Cl2N5O3. The molecule has 3 aromatic rings. The molecule has 1 aliphatic heterocycles. The molecule has 1 aliphatic rings. The van der Waals surface area contributed by atoms with Crippen molar-refractivity contribution in [3.63, 3.8) is 0 Å². The van der Waals surface area contributed by atoms with Gasteiger partial charge in [0.1, 0.15) is 23.3 Å². The van der Waals surface area contributed by atoms with Crippen molar-refractivity contribution in [3.05, 3.63) is 58.0 Å². The van der Waals surface area contributed by atoms with Crippen LogP contribution in [0.5, 0.6) is 11.5 Å². The molecule has 1 fully saturated rings. The molecule has 1 amide bonds. The van der Waals surface area contributed by atoms with Crippen molar-refractivity contribution in [2.75, 3.05) is 33.0 Å². The molecule has 0 radical (unpaired) electrons. The van der Waals surface area contributed by atoms with E-state index < -0.39 is 0 Å². The number of anilines is 1. The summed E-state index contributed by atoms with van der Waals surface area (Å²) >= 11 is 12.9. The number of halogens is 2. The summed E-state index contributed by atoms with van der Waals surface area (Å²) in [5, 5.41) is 4.94. The highest BCUT2D eigenvalue weighted by atomic mass is 35.5. The smallest absolute Gasteiger partial charge is 0.245 e. The van der Waals surface area contributed by atoms with Crippen LogP contribution in [0.4, 0.5) is 5.82 Å². The Morgan fingerprint density at radius 1 is 1.24 bits per heavy atom. The van der Waals surface area contributed by atoms with Gasteiger partial charge in [-0.15, -0.1) is 0 Å². The predicted octanol–water partition coefficient (Wildman–Crippen LogP) is 3.54. The zero-order chi connectivity index (χ0) is 23.7. The van der Waals surface area contributed by atoms with E-state index in [1.165, 1.54) is 26.6 Å². The van der Waals surface area contributed by atoms with Crippen LogP contribution in [0, 0.1) is 11.8 Å². The van der Waals surface area contributed by atoms with Crippen LogP contribution in [0.2, 0.25) is 10.0 Å². The molecule has 1 saturated heterocycles. The maximum absolute atomic E-state index is 12.0. The Kier molecular flexibility index (Phi) is 6.36. The minimum absolute atomic E-state index is 0.0651. The van der Waals surface area contributed by atoms with Crippen LogP contribution in [0.3, 0.4) is 0 Å². The first-order valence-corrected chi connectivity index (χ1v) is 10.8. The van der Waals surface area contributed by atoms with E-state index in [4.69, 9.17) is 38.4 Å². The normalized spacial score (nSPS) is 15.3. The third-order valence-electron chi connectivity index (χ3n) is 5.60. The lowest BCUT2D eigenvalue weighted by atomic mass is 10.0. The van der Waals surface area contributed by atoms with Crippen LogP contribution in [-0.2, 0) is 4.79 Å². The second kappa shape index (κ2) is 9.22. The Hall–Kier alpha value is -3.41. The minimum atomic E-state index is -0.0937. The second-order valence-electron chi connectivity index (χ2n) is 7.40. The lowest BCUT2D eigenvalue weighted by Crippen LogP contribution is -2.26. The quantitative estimate of drug-likeness (QED) is 0.448. The number of rotatable bonds is 4. The van der Waals surface area contributed by atoms with Gasteiger partial charge in [0.05, 0.1) is 35.4 Å². The number of nitrogens with zero attached hydrogens (tertiary/aromatic N) is 4. The molecule has 4 rings (SSSR count). The van der Waals surface area contributed by atoms with Gasteiger partial charge in [0.25, 0.3) is 0 Å². The van der Waals surface area contributed by atoms with Crippen molar-refractivity contribution in [2.45, 2.75) is 12.3 Å². The van der Waals surface area contributed by atoms with Crippen molar-refractivity contribution >= 4 is 40.4 Å². The SMILES string of the molecule is C=CC(=O)N1CC[C@@H](c2cc(C#Cc3c(Cl)c(OC)cc(OC)c3Cl)c3c(N)ncnn23)C1. The zero-order valence-electron chi connectivity index (χ0n) is 18.1. The molecule has 2 N–H and O–H groups in total. The van der Waals surface area contributed by atoms with Gasteiger partial charge < -0.3 is 20.1 Å². The van der Waals surface area contributed by atoms with Gasteiger partial charge in [0, 0.05) is 30.8 Å². The Labute approximate surface area is 200 Å². The molecule has 3 heterocycles. The highest BCUT2D eigenvalue weighted by molar-refractivity contribution is 6.38. The fourth-order valence-corrected chi connectivity index (χ4v) is 4.53. The number of carbonyl (C=O) groups is 1. The second-order valence-corrected chi connectivity index (χ2v) is 8.15. The first-order chi connectivity index (χ1) is 15.9. The number of hydrogen-bond acceptors (Lipinski definition) is 6. The van der Waals surface area contributed by atoms with Crippen LogP contribution in [0.25, 0.3) is 5.52 Å². The van der Waals surface area contributed by atoms with Gasteiger partial charge in [-0.2, -0.15) is 5.10 Å². The molecule has 0 spiro atoms. The number of benzene rings is 1. The molecule has 0 unspecified atom stereocenters. The zero-order valence-corrected chi connectivity index (χ0v) is 19.6. The van der Waals surface area contributed by atoms with E-state index in [2.05, 4.69) is 28.5 Å². The van der Waals surface area contributed by atoms with Gasteiger partial charge in [-0.25, -0.2) is 9.50 Å². The third-order valence-corrected chi connectivity index (χ3v) is 6.35. The summed E-state index contributed by atoms with van der Waals surface area (Å²) in [7, 11) is 3.00. The van der Waals surface area contributed by atoms with Crippen molar-refractivity contribution in [1.82, 2.24) is 19.5 Å². The van der Waals surface area contributed by atoms with Gasteiger partial charge in [-0.1, -0.05) is 41.6 Å². The molecule has 0 aliphatic carbocycles. The van der Waals surface area contributed by atoms with Gasteiger partial charge in [0.2, 0.25) is 5.91 Å². The van der Waals surface area contributed by atoms with Crippen molar-refractivity contribution in [2.24, 2.45) is 0 Å². The van der Waals surface area contributed by atoms with Crippen molar-refractivity contribution < 1.29 is 14.3 Å². The lowest BCUT2D eigenvalue weighted by Gasteiger charge is -2.14. The van der Waals surface area contributed by atoms with Crippen molar-refractivity contribution in [1.29, 1.82) is 0 Å². The van der Waals surface area contributed by atoms with E-state index >= 15 is 0 Å². The fourth-order valence-electron chi connectivity index (χ4n) is 3.93. The summed E-state index contributed by atoms with van der Waals surface area (Å²) in [5.41, 5.74) is 8.63. The molecule has 33 heavy (non-hydrogen) atoms. The number of carbonyl (C=O) groups excluding carboxylic acids is 1. The average molecular weight is 486 g/mol. The molecule has 2 aromatic heterocycles. The Morgan fingerprint density at radius 2 is 1.94 bits per heavy atom. The van der Waals surface area contributed by atoms with E-state index in [-0.39, 0.29) is 27.7 Å². The molecule has 170 valence electrons. The number of ether oxygens (including phenoxy) is 2. The van der Waals surface area contributed by atoms with Gasteiger partial charge in [-0.3, -0.25) is 4.79 Å². The Balaban J connectivity index is 1.82. The Bertz CT molecular complexity index is 1300. The van der Waals surface area contributed by atoms with Gasteiger partial charge in [-0.05, 0) is 18.6 Å². The highest BCUT2D eigenvalue weighted by Gasteiger charge is 2.29. The van der Waals surface area contributed by atoms with Crippen molar-refractivity contribution in [3.8, 4) is 23.3 Å². The standard InChI is InChI=1S/C23H21Cl2N5O3/c1-4-19(31)29-8-7-14(11-29)16-9-13(22-23(26)27-12-28-30(16)22)5-6-15-20(24)17(32-2)10-18(33-3)21(15)25/h4,9-10,12,14H,1,7-8,11H2,2-3H3,(H2,26,27,28)/t14-/m1/s1. The number of nitrogen functional groups attached to an aromatic ring is 1. The lowest BCUT2D eigenvalue weighted by molar-refractivity contribution is -0.125. The highest BCUT2D eigenvalue weighted by Crippen LogP contribution is 2.40. The Morgan fingerprint density at radius 3 is 2.58 bits per heavy atom. The summed E-state index contributed by atoms with van der Waals surface area (Å²) in [4.78, 5) is 17.9. The summed E-state index contributed by atoms with van der Waals surface area (Å²) in [5.74, 6) is 7.19. The fraction of sp³-hybridized carbons (Fsp3) is 0.261. The van der Waals surface area contributed by atoms with Gasteiger partial charge in [0.15, 0.2) is 5.82 Å². The van der Waals surface area contributed by atoms with Crippen LogP contribution in [0.15, 0.2) is 31.1 Å². The third kappa shape index (κ3) is 4.06. The number of fused-ring (bicyclic) bond motifs is 1. The number of amides is 1. The van der Waals surface area contributed by atoms with E-state index in [0.29, 0.717) is 41.2 Å². The molecule has 0 saturated carbocycles. The summed E-state index contributed by atoms with van der Waals surface area (Å²) in [6.45, 7) is 4.76. The minimum Gasteiger partial charge on any atom is -0.495 e. The van der Waals surface area contributed by atoms with E-state index in [1.807, 2.05) is 6.07 Å². The van der Waals surface area contributed by atoms with Crippen LogP contribution >= 0.6 is 23.2 Å². The summed E-state index contributed by atoms with van der Waals surface area (Å²) in [6, 6.07) is 3.52. The summed E-state index contributed by atoms with van der Waals surface area (Å²) in [6.07, 6.45) is 3.50. The first-order valence-electron chi connectivity index (χ1n) is 10.0. The van der Waals surface area contributed by atoms with Gasteiger partial charge >= 0.3 is 0 Å². The van der Waals surface area contributed by atoms with E-state index in [1.54, 1.807) is 15.5 Å². The number of nitrogens with two attached hydrogens (primary N) is 1. The topological polar surface area (TPSA) is 95.0 Å². The van der Waals surface area contributed by atoms with E-state index in [9.17, 15) is 4.79 Å². The maximum Gasteiger partial charge on any atom is 0.245 e. The average Bonchev–Trinajstić information content (AvgIpc) is 3.44. The van der Waals surface area contributed by atoms with Crippen LogP contribution in [-0.4, -0.2) is 52.7 Å². The maximum atomic E-state index is 12.0. The number of aromatic nitrogens is 3.